The lowest BCUT2D eigenvalue weighted by atomic mass is 9.75. The lowest BCUT2D eigenvalue weighted by molar-refractivity contribution is -0.00869. The number of halogens is 1. The summed E-state index contributed by atoms with van der Waals surface area (Å²) in [7, 11) is 0. The molecular weight excluding hydrogens is 337 g/mol. The van der Waals surface area contributed by atoms with E-state index < -0.39 is 0 Å². The average Bonchev–Trinajstić information content (AvgIpc) is 3.11. The predicted octanol–water partition coefficient (Wildman–Crippen LogP) is 3.76. The van der Waals surface area contributed by atoms with Crippen LogP contribution >= 0.6 is 0 Å². The van der Waals surface area contributed by atoms with Gasteiger partial charge in [0.05, 0.1) is 11.6 Å². The third-order valence-corrected chi connectivity index (χ3v) is 6.83. The summed E-state index contributed by atoms with van der Waals surface area (Å²) in [4.78, 5) is 5.30. The van der Waals surface area contributed by atoms with Gasteiger partial charge in [-0.15, -0.1) is 0 Å². The standard InChI is InChI=1S/C23H24FN3/c24-20-6-4-18(5-7-20)21-15-27(14-17-3-1-2-16(12-17)13-25)22-19-8-10-26(11-9-19)23(21)22/h1-7,12,19,21-23H,8-11,14-15H2/t21-,22-,23-/m1/s1. The molecule has 2 aromatic carbocycles. The first-order chi connectivity index (χ1) is 13.2. The molecule has 0 amide bonds. The monoisotopic (exact) mass is 361 g/mol. The molecule has 4 heterocycles. The summed E-state index contributed by atoms with van der Waals surface area (Å²) in [6, 6.07) is 18.5. The van der Waals surface area contributed by atoms with Crippen molar-refractivity contribution in [3.8, 4) is 6.07 Å². The molecule has 4 fully saturated rings. The Morgan fingerprint density at radius 2 is 1.81 bits per heavy atom. The minimum atomic E-state index is -0.163. The summed E-state index contributed by atoms with van der Waals surface area (Å²) in [5, 5.41) is 9.21. The Bertz CT molecular complexity index is 864. The molecule has 6 rings (SSSR count). The molecule has 138 valence electrons. The smallest absolute Gasteiger partial charge is 0.123 e. The Morgan fingerprint density at radius 1 is 1.04 bits per heavy atom. The molecule has 0 aromatic heterocycles. The number of piperidine rings is 3. The number of hydrogen-bond donors (Lipinski definition) is 0. The fraction of sp³-hybridized carbons (Fsp3) is 0.435. The van der Waals surface area contributed by atoms with Crippen molar-refractivity contribution in [3.63, 3.8) is 0 Å². The maximum absolute atomic E-state index is 13.4. The van der Waals surface area contributed by atoms with Crippen molar-refractivity contribution in [2.45, 2.75) is 37.4 Å². The summed E-state index contributed by atoms with van der Waals surface area (Å²) >= 11 is 0. The second-order valence-electron chi connectivity index (χ2n) is 8.25. The van der Waals surface area contributed by atoms with Crippen LogP contribution in [0.15, 0.2) is 48.5 Å². The van der Waals surface area contributed by atoms with Crippen molar-refractivity contribution < 1.29 is 4.39 Å². The molecule has 3 nitrogen and oxygen atoms in total. The number of rotatable bonds is 3. The van der Waals surface area contributed by atoms with Gasteiger partial charge in [0, 0.05) is 31.1 Å². The molecule has 27 heavy (non-hydrogen) atoms. The van der Waals surface area contributed by atoms with E-state index in [1.165, 1.54) is 37.1 Å². The zero-order valence-corrected chi connectivity index (χ0v) is 15.4. The van der Waals surface area contributed by atoms with Crippen LogP contribution < -0.4 is 0 Å². The number of fused-ring (bicyclic) bond motifs is 2. The van der Waals surface area contributed by atoms with E-state index in [9.17, 15) is 9.65 Å². The van der Waals surface area contributed by atoms with Crippen LogP contribution in [0, 0.1) is 23.1 Å². The van der Waals surface area contributed by atoms with Gasteiger partial charge in [0.1, 0.15) is 5.82 Å². The quantitative estimate of drug-likeness (QED) is 0.834. The van der Waals surface area contributed by atoms with Gasteiger partial charge in [-0.25, -0.2) is 4.39 Å². The minimum absolute atomic E-state index is 0.163. The van der Waals surface area contributed by atoms with Crippen LogP contribution in [-0.2, 0) is 6.54 Å². The Morgan fingerprint density at radius 3 is 2.56 bits per heavy atom. The Kier molecular flexibility index (Phi) is 4.22. The summed E-state index contributed by atoms with van der Waals surface area (Å²) in [6.07, 6.45) is 2.57. The topological polar surface area (TPSA) is 30.3 Å². The molecule has 0 radical (unpaired) electrons. The van der Waals surface area contributed by atoms with E-state index in [1.54, 1.807) is 12.1 Å². The fourth-order valence-corrected chi connectivity index (χ4v) is 5.70. The molecule has 0 unspecified atom stereocenters. The zero-order chi connectivity index (χ0) is 18.4. The van der Waals surface area contributed by atoms with Crippen LogP contribution in [0.5, 0.6) is 0 Å². The van der Waals surface area contributed by atoms with E-state index in [0.29, 0.717) is 18.0 Å². The van der Waals surface area contributed by atoms with Crippen LogP contribution in [0.4, 0.5) is 4.39 Å². The molecule has 0 aliphatic carbocycles. The summed E-state index contributed by atoms with van der Waals surface area (Å²) in [6.45, 7) is 4.28. The Balaban J connectivity index is 1.47. The highest BCUT2D eigenvalue weighted by atomic mass is 19.1. The van der Waals surface area contributed by atoms with Gasteiger partial charge < -0.3 is 0 Å². The normalized spacial score (nSPS) is 32.2. The SMILES string of the molecule is N#Cc1cccc(CN2C[C@H](c3ccc(F)cc3)[C@@H]3[C@H]2C2CCN3CC2)c1. The molecule has 4 aliphatic rings. The maximum Gasteiger partial charge on any atom is 0.123 e. The molecule has 0 saturated carbocycles. The van der Waals surface area contributed by atoms with Crippen molar-refractivity contribution in [1.29, 1.82) is 5.26 Å². The van der Waals surface area contributed by atoms with E-state index in [0.717, 1.165) is 24.6 Å². The first-order valence-electron chi connectivity index (χ1n) is 9.95. The van der Waals surface area contributed by atoms with Crippen LogP contribution in [0.2, 0.25) is 0 Å². The number of nitriles is 1. The minimum Gasteiger partial charge on any atom is -0.298 e. The van der Waals surface area contributed by atoms with E-state index in [2.05, 4.69) is 21.9 Å². The van der Waals surface area contributed by atoms with Crippen LogP contribution in [0.1, 0.15) is 35.4 Å². The second-order valence-corrected chi connectivity index (χ2v) is 8.25. The highest BCUT2D eigenvalue weighted by molar-refractivity contribution is 5.33. The van der Waals surface area contributed by atoms with E-state index in [4.69, 9.17) is 0 Å². The molecule has 2 aromatic rings. The summed E-state index contributed by atoms with van der Waals surface area (Å²) < 4.78 is 13.4. The highest BCUT2D eigenvalue weighted by Crippen LogP contribution is 2.46. The van der Waals surface area contributed by atoms with Crippen LogP contribution in [-0.4, -0.2) is 41.5 Å². The van der Waals surface area contributed by atoms with Crippen molar-refractivity contribution in [2.75, 3.05) is 19.6 Å². The van der Waals surface area contributed by atoms with Crippen molar-refractivity contribution in [2.24, 2.45) is 5.92 Å². The second kappa shape index (κ2) is 6.74. The highest BCUT2D eigenvalue weighted by Gasteiger charge is 2.53. The van der Waals surface area contributed by atoms with Gasteiger partial charge in [-0.2, -0.15) is 5.26 Å². The van der Waals surface area contributed by atoms with Gasteiger partial charge in [-0.3, -0.25) is 9.80 Å². The summed E-state index contributed by atoms with van der Waals surface area (Å²) in [5.74, 6) is 1.02. The molecule has 2 bridgehead atoms. The van der Waals surface area contributed by atoms with Gasteiger partial charge in [0.15, 0.2) is 0 Å². The van der Waals surface area contributed by atoms with Gasteiger partial charge in [-0.05, 0) is 67.2 Å². The zero-order valence-electron chi connectivity index (χ0n) is 15.4. The van der Waals surface area contributed by atoms with E-state index in [1.807, 2.05) is 30.3 Å². The van der Waals surface area contributed by atoms with Crippen molar-refractivity contribution >= 4 is 0 Å². The van der Waals surface area contributed by atoms with Gasteiger partial charge in [-0.1, -0.05) is 24.3 Å². The fourth-order valence-electron chi connectivity index (χ4n) is 5.70. The number of nitrogens with zero attached hydrogens (tertiary/aromatic N) is 3. The Hall–Kier alpha value is -2.22. The Labute approximate surface area is 160 Å². The first kappa shape index (κ1) is 16.9. The lowest BCUT2D eigenvalue weighted by Crippen LogP contribution is -2.59. The molecule has 0 N–H and O–H groups in total. The molecular formula is C23H24FN3. The van der Waals surface area contributed by atoms with E-state index in [-0.39, 0.29) is 5.82 Å². The lowest BCUT2D eigenvalue weighted by Gasteiger charge is -2.51. The van der Waals surface area contributed by atoms with Crippen molar-refractivity contribution in [3.05, 3.63) is 71.0 Å². The average molecular weight is 361 g/mol. The van der Waals surface area contributed by atoms with Gasteiger partial charge in [0.2, 0.25) is 0 Å². The number of likely N-dealkylation sites (tertiary alicyclic amines) is 1. The van der Waals surface area contributed by atoms with Crippen molar-refractivity contribution in [1.82, 2.24) is 9.80 Å². The molecule has 0 spiro atoms. The van der Waals surface area contributed by atoms with Gasteiger partial charge in [0.25, 0.3) is 0 Å². The molecule has 4 heteroatoms. The molecule has 3 atom stereocenters. The molecule has 4 aliphatic heterocycles. The predicted molar refractivity (Wildman–Crippen MR) is 103 cm³/mol. The first-order valence-corrected chi connectivity index (χ1v) is 9.95. The van der Waals surface area contributed by atoms with Gasteiger partial charge >= 0.3 is 0 Å². The van der Waals surface area contributed by atoms with Crippen LogP contribution in [0.25, 0.3) is 0 Å². The van der Waals surface area contributed by atoms with E-state index >= 15 is 0 Å². The van der Waals surface area contributed by atoms with Crippen LogP contribution in [0.3, 0.4) is 0 Å². The third-order valence-electron chi connectivity index (χ3n) is 6.83. The summed E-state index contributed by atoms with van der Waals surface area (Å²) in [5.41, 5.74) is 3.20. The third kappa shape index (κ3) is 2.96. The molecule has 4 saturated heterocycles. The number of hydrogen-bond acceptors (Lipinski definition) is 3. The largest absolute Gasteiger partial charge is 0.298 e. The number of benzene rings is 2. The maximum atomic E-state index is 13.4.